The molecular weight excluding hydrogens is 297 g/mol. The van der Waals surface area contributed by atoms with Gasteiger partial charge < -0.3 is 15.4 Å². The zero-order valence-corrected chi connectivity index (χ0v) is 11.8. The Kier molecular flexibility index (Phi) is 5.16. The third kappa shape index (κ3) is 4.59. The van der Waals surface area contributed by atoms with Crippen molar-refractivity contribution in [2.24, 2.45) is 0 Å². The molecule has 8 heteroatoms. The molecule has 2 rings (SSSR count). The first-order valence-corrected chi connectivity index (χ1v) is 6.48. The van der Waals surface area contributed by atoms with Crippen molar-refractivity contribution in [3.8, 4) is 0 Å². The van der Waals surface area contributed by atoms with Crippen LogP contribution in [0.3, 0.4) is 0 Å². The molecule has 0 amide bonds. The smallest absolute Gasteiger partial charge is 0.383 e. The van der Waals surface area contributed by atoms with E-state index in [1.807, 2.05) is 0 Å². The van der Waals surface area contributed by atoms with E-state index in [2.05, 4.69) is 20.6 Å². The molecular formula is C14H15F3N4O. The lowest BCUT2D eigenvalue weighted by Crippen LogP contribution is -2.09. The first-order chi connectivity index (χ1) is 10.5. The van der Waals surface area contributed by atoms with Gasteiger partial charge >= 0.3 is 6.18 Å². The molecule has 0 aliphatic rings. The molecule has 0 unspecified atom stereocenters. The van der Waals surface area contributed by atoms with Crippen LogP contribution in [-0.2, 0) is 10.9 Å². The van der Waals surface area contributed by atoms with Gasteiger partial charge in [-0.3, -0.25) is 0 Å². The largest absolute Gasteiger partial charge is 0.416 e. The molecule has 1 heterocycles. The summed E-state index contributed by atoms with van der Waals surface area (Å²) in [6, 6.07) is 6.53. The highest BCUT2D eigenvalue weighted by molar-refractivity contribution is 5.59. The molecule has 0 radical (unpaired) electrons. The number of anilines is 3. The second-order valence-electron chi connectivity index (χ2n) is 4.41. The number of alkyl halides is 3. The molecule has 22 heavy (non-hydrogen) atoms. The number of aromatic nitrogens is 2. The van der Waals surface area contributed by atoms with Gasteiger partial charge in [-0.15, -0.1) is 0 Å². The molecule has 2 N–H and O–H groups in total. The highest BCUT2D eigenvalue weighted by Crippen LogP contribution is 2.31. The summed E-state index contributed by atoms with van der Waals surface area (Å²) in [4.78, 5) is 7.99. The van der Waals surface area contributed by atoms with Crippen molar-refractivity contribution in [1.29, 1.82) is 0 Å². The number of halogens is 3. The molecule has 118 valence electrons. The van der Waals surface area contributed by atoms with Crippen LogP contribution in [0.4, 0.5) is 30.5 Å². The molecule has 0 bridgehead atoms. The first-order valence-electron chi connectivity index (χ1n) is 6.48. The van der Waals surface area contributed by atoms with E-state index in [4.69, 9.17) is 4.74 Å². The van der Waals surface area contributed by atoms with Crippen molar-refractivity contribution in [2.45, 2.75) is 6.18 Å². The lowest BCUT2D eigenvalue weighted by atomic mass is 10.2. The van der Waals surface area contributed by atoms with Crippen LogP contribution in [0.15, 0.2) is 36.7 Å². The number of nitrogens with one attached hydrogen (secondary N) is 2. The number of hydrogen-bond acceptors (Lipinski definition) is 5. The van der Waals surface area contributed by atoms with Crippen molar-refractivity contribution in [3.63, 3.8) is 0 Å². The third-order valence-corrected chi connectivity index (χ3v) is 2.74. The van der Waals surface area contributed by atoms with Crippen molar-refractivity contribution in [3.05, 3.63) is 42.2 Å². The minimum absolute atomic E-state index is 0.302. The topological polar surface area (TPSA) is 59.1 Å². The van der Waals surface area contributed by atoms with Gasteiger partial charge in [0.1, 0.15) is 18.0 Å². The third-order valence-electron chi connectivity index (χ3n) is 2.74. The molecule has 0 atom stereocenters. The standard InChI is InChI=1S/C14H15F3N4O/c1-22-6-5-18-12-8-13(20-9-19-12)21-11-4-2-3-10(7-11)14(15,16)17/h2-4,7-9H,5-6H2,1H3,(H2,18,19,20,21). The Bertz CT molecular complexity index is 619. The van der Waals surface area contributed by atoms with E-state index in [0.29, 0.717) is 30.5 Å². The van der Waals surface area contributed by atoms with Crippen LogP contribution in [0.2, 0.25) is 0 Å². The number of nitrogens with zero attached hydrogens (tertiary/aromatic N) is 2. The van der Waals surface area contributed by atoms with E-state index in [1.165, 1.54) is 18.5 Å². The zero-order valence-electron chi connectivity index (χ0n) is 11.8. The van der Waals surface area contributed by atoms with Crippen molar-refractivity contribution in [2.75, 3.05) is 30.9 Å². The van der Waals surface area contributed by atoms with Crippen LogP contribution >= 0.6 is 0 Å². The predicted octanol–water partition coefficient (Wildman–Crippen LogP) is 3.30. The summed E-state index contributed by atoms with van der Waals surface area (Å²) < 4.78 is 42.9. The predicted molar refractivity (Wildman–Crippen MR) is 77.1 cm³/mol. The average molecular weight is 312 g/mol. The fourth-order valence-electron chi connectivity index (χ4n) is 1.72. The highest BCUT2D eigenvalue weighted by Gasteiger charge is 2.30. The SMILES string of the molecule is COCCNc1cc(Nc2cccc(C(F)(F)F)c2)ncn1. The number of methoxy groups -OCH3 is 1. The molecule has 0 aliphatic carbocycles. The highest BCUT2D eigenvalue weighted by atomic mass is 19.4. The summed E-state index contributed by atoms with van der Waals surface area (Å²) in [7, 11) is 1.59. The van der Waals surface area contributed by atoms with Gasteiger partial charge in [0.05, 0.1) is 12.2 Å². The quantitative estimate of drug-likeness (QED) is 0.802. The Hall–Kier alpha value is -2.35. The van der Waals surface area contributed by atoms with Gasteiger partial charge in [-0.25, -0.2) is 9.97 Å². The molecule has 1 aromatic heterocycles. The monoisotopic (exact) mass is 312 g/mol. The summed E-state index contributed by atoms with van der Waals surface area (Å²) in [5.41, 5.74) is -0.415. The van der Waals surface area contributed by atoms with Gasteiger partial charge in [0.2, 0.25) is 0 Å². The van der Waals surface area contributed by atoms with E-state index >= 15 is 0 Å². The minimum Gasteiger partial charge on any atom is -0.383 e. The van der Waals surface area contributed by atoms with Gasteiger partial charge in [-0.05, 0) is 18.2 Å². The summed E-state index contributed by atoms with van der Waals surface area (Å²) in [5.74, 6) is 0.954. The van der Waals surface area contributed by atoms with Crippen LogP contribution in [-0.4, -0.2) is 30.2 Å². The maximum atomic E-state index is 12.7. The van der Waals surface area contributed by atoms with E-state index in [-0.39, 0.29) is 0 Å². The van der Waals surface area contributed by atoms with Crippen LogP contribution < -0.4 is 10.6 Å². The van der Waals surface area contributed by atoms with Crippen molar-refractivity contribution >= 4 is 17.3 Å². The Morgan fingerprint density at radius 1 is 1.14 bits per heavy atom. The number of rotatable bonds is 6. The molecule has 2 aromatic rings. The van der Waals surface area contributed by atoms with E-state index in [0.717, 1.165) is 12.1 Å². The minimum atomic E-state index is -4.38. The first kappa shape index (κ1) is 16.0. The molecule has 5 nitrogen and oxygen atoms in total. The van der Waals surface area contributed by atoms with Gasteiger partial charge in [-0.1, -0.05) is 6.07 Å². The number of ether oxygens (including phenoxy) is 1. The Labute approximate surface area is 125 Å². The summed E-state index contributed by atoms with van der Waals surface area (Å²) in [6.45, 7) is 1.08. The Morgan fingerprint density at radius 3 is 2.64 bits per heavy atom. The molecule has 0 spiro atoms. The number of hydrogen-bond donors (Lipinski definition) is 2. The second kappa shape index (κ2) is 7.08. The van der Waals surface area contributed by atoms with Crippen LogP contribution in [0.25, 0.3) is 0 Å². The maximum Gasteiger partial charge on any atom is 0.416 e. The van der Waals surface area contributed by atoms with Gasteiger partial charge in [-0.2, -0.15) is 13.2 Å². The number of benzene rings is 1. The molecule has 0 saturated carbocycles. The summed E-state index contributed by atoms with van der Waals surface area (Å²) in [6.07, 6.45) is -3.05. The fraction of sp³-hybridized carbons (Fsp3) is 0.286. The lowest BCUT2D eigenvalue weighted by Gasteiger charge is -2.11. The van der Waals surface area contributed by atoms with Crippen LogP contribution in [0.5, 0.6) is 0 Å². The van der Waals surface area contributed by atoms with Crippen molar-refractivity contribution < 1.29 is 17.9 Å². The van der Waals surface area contributed by atoms with E-state index < -0.39 is 11.7 Å². The Balaban J connectivity index is 2.09. The summed E-state index contributed by atoms with van der Waals surface area (Å²) in [5, 5.41) is 5.84. The van der Waals surface area contributed by atoms with E-state index in [9.17, 15) is 13.2 Å². The second-order valence-corrected chi connectivity index (χ2v) is 4.41. The summed E-state index contributed by atoms with van der Waals surface area (Å²) >= 11 is 0. The molecule has 0 fully saturated rings. The van der Waals surface area contributed by atoms with Crippen LogP contribution in [0.1, 0.15) is 5.56 Å². The van der Waals surface area contributed by atoms with Gasteiger partial charge in [0.25, 0.3) is 0 Å². The molecule has 1 aromatic carbocycles. The van der Waals surface area contributed by atoms with Crippen LogP contribution in [0, 0.1) is 0 Å². The Morgan fingerprint density at radius 2 is 1.91 bits per heavy atom. The molecule has 0 saturated heterocycles. The fourth-order valence-corrected chi connectivity index (χ4v) is 1.72. The van der Waals surface area contributed by atoms with Gasteiger partial charge in [0, 0.05) is 25.4 Å². The zero-order chi connectivity index (χ0) is 16.0. The molecule has 0 aliphatic heterocycles. The average Bonchev–Trinajstić information content (AvgIpc) is 2.47. The van der Waals surface area contributed by atoms with Gasteiger partial charge in [0.15, 0.2) is 0 Å². The normalized spacial score (nSPS) is 11.3. The van der Waals surface area contributed by atoms with E-state index in [1.54, 1.807) is 13.2 Å². The lowest BCUT2D eigenvalue weighted by molar-refractivity contribution is -0.137. The maximum absolute atomic E-state index is 12.7. The van der Waals surface area contributed by atoms with Crippen molar-refractivity contribution in [1.82, 2.24) is 9.97 Å².